The average Bonchev–Trinajstić information content (AvgIpc) is 2.22. The number of rotatable bonds is 2. The number of carbonyl (C=O) groups excluding carboxylic acids is 1. The SMILES string of the molecule is CC.CC(=O)Nc1ccc(S(=O)(=O)[O-])cc1C.[Na+]. The van der Waals surface area contributed by atoms with E-state index < -0.39 is 10.1 Å². The summed E-state index contributed by atoms with van der Waals surface area (Å²) in [6.45, 7) is 6.96. The molecule has 1 aromatic carbocycles. The fraction of sp³-hybridized carbons (Fsp3) is 0.364. The summed E-state index contributed by atoms with van der Waals surface area (Å²) in [5.74, 6) is -0.254. The summed E-state index contributed by atoms with van der Waals surface area (Å²) in [4.78, 5) is 10.5. The van der Waals surface area contributed by atoms with Gasteiger partial charge in [0.15, 0.2) is 0 Å². The molecule has 0 spiro atoms. The topological polar surface area (TPSA) is 86.3 Å². The first kappa shape index (κ1) is 19.9. The Morgan fingerprint density at radius 1 is 1.28 bits per heavy atom. The smallest absolute Gasteiger partial charge is 0.744 e. The van der Waals surface area contributed by atoms with Crippen LogP contribution < -0.4 is 34.9 Å². The fourth-order valence-electron chi connectivity index (χ4n) is 1.12. The van der Waals surface area contributed by atoms with Crippen LogP contribution in [0.3, 0.4) is 0 Å². The van der Waals surface area contributed by atoms with Gasteiger partial charge >= 0.3 is 29.6 Å². The second kappa shape index (κ2) is 8.66. The zero-order chi connectivity index (χ0) is 13.6. The Kier molecular flexibility index (Phi) is 9.59. The number of carbonyl (C=O) groups is 1. The first-order chi connectivity index (χ1) is 7.80. The van der Waals surface area contributed by atoms with Crippen molar-refractivity contribution in [1.29, 1.82) is 0 Å². The van der Waals surface area contributed by atoms with Crippen LogP contribution in [0.25, 0.3) is 0 Å². The molecule has 0 bridgehead atoms. The molecule has 96 valence electrons. The van der Waals surface area contributed by atoms with E-state index in [-0.39, 0.29) is 40.4 Å². The summed E-state index contributed by atoms with van der Waals surface area (Å²) >= 11 is 0. The Balaban J connectivity index is 0. The predicted molar refractivity (Wildman–Crippen MR) is 64.8 cm³/mol. The molecular formula is C11H16NNaO4S. The van der Waals surface area contributed by atoms with E-state index in [1.54, 1.807) is 6.92 Å². The zero-order valence-corrected chi connectivity index (χ0v) is 14.1. The van der Waals surface area contributed by atoms with Crippen molar-refractivity contribution in [1.82, 2.24) is 0 Å². The Hall–Kier alpha value is -0.400. The molecule has 0 aliphatic rings. The van der Waals surface area contributed by atoms with Gasteiger partial charge in [-0.25, -0.2) is 8.42 Å². The molecule has 0 aromatic heterocycles. The van der Waals surface area contributed by atoms with Gasteiger partial charge in [-0.05, 0) is 30.7 Å². The summed E-state index contributed by atoms with van der Waals surface area (Å²) in [6.07, 6.45) is 0. The minimum absolute atomic E-state index is 0. The van der Waals surface area contributed by atoms with Crippen molar-refractivity contribution in [2.24, 2.45) is 0 Å². The normalized spacial score (nSPS) is 9.61. The number of hydrogen-bond acceptors (Lipinski definition) is 4. The van der Waals surface area contributed by atoms with Gasteiger partial charge in [-0.15, -0.1) is 0 Å². The fourth-order valence-corrected chi connectivity index (χ4v) is 1.68. The zero-order valence-electron chi connectivity index (χ0n) is 11.3. The second-order valence-corrected chi connectivity index (χ2v) is 4.49. The van der Waals surface area contributed by atoms with E-state index in [2.05, 4.69) is 5.32 Å². The van der Waals surface area contributed by atoms with E-state index in [0.717, 1.165) is 0 Å². The van der Waals surface area contributed by atoms with Gasteiger partial charge in [-0.3, -0.25) is 4.79 Å². The van der Waals surface area contributed by atoms with Crippen molar-refractivity contribution >= 4 is 21.7 Å². The van der Waals surface area contributed by atoms with Gasteiger partial charge < -0.3 is 9.87 Å². The molecule has 0 fully saturated rings. The Labute approximate surface area is 130 Å². The minimum Gasteiger partial charge on any atom is -0.744 e. The van der Waals surface area contributed by atoms with Gasteiger partial charge in [0.05, 0.1) is 4.90 Å². The van der Waals surface area contributed by atoms with E-state index in [0.29, 0.717) is 11.3 Å². The van der Waals surface area contributed by atoms with E-state index in [9.17, 15) is 17.8 Å². The van der Waals surface area contributed by atoms with Gasteiger partial charge in [0.1, 0.15) is 10.1 Å². The molecule has 7 heteroatoms. The molecule has 0 saturated heterocycles. The third-order valence-electron chi connectivity index (χ3n) is 1.80. The molecule has 0 atom stereocenters. The third-order valence-corrected chi connectivity index (χ3v) is 2.63. The van der Waals surface area contributed by atoms with Crippen molar-refractivity contribution in [3.05, 3.63) is 23.8 Å². The van der Waals surface area contributed by atoms with Crippen molar-refractivity contribution in [2.75, 3.05) is 5.32 Å². The first-order valence-corrected chi connectivity index (χ1v) is 6.55. The van der Waals surface area contributed by atoms with E-state index >= 15 is 0 Å². The summed E-state index contributed by atoms with van der Waals surface area (Å²) in [5.41, 5.74) is 1.03. The van der Waals surface area contributed by atoms with Crippen molar-refractivity contribution in [3.63, 3.8) is 0 Å². The molecule has 0 saturated carbocycles. The molecule has 0 aliphatic carbocycles. The molecule has 5 nitrogen and oxygen atoms in total. The Morgan fingerprint density at radius 2 is 1.78 bits per heavy atom. The largest absolute Gasteiger partial charge is 1.00 e. The maximum absolute atomic E-state index is 10.8. The van der Waals surface area contributed by atoms with Crippen LogP contribution in [0.5, 0.6) is 0 Å². The molecule has 0 aliphatic heterocycles. The Morgan fingerprint density at radius 3 is 2.11 bits per heavy atom. The number of nitrogens with one attached hydrogen (secondary N) is 1. The monoisotopic (exact) mass is 281 g/mol. The quantitative estimate of drug-likeness (QED) is 0.550. The molecular weight excluding hydrogens is 265 g/mol. The van der Waals surface area contributed by atoms with Crippen molar-refractivity contribution in [3.8, 4) is 0 Å². The summed E-state index contributed by atoms with van der Waals surface area (Å²) < 4.78 is 32.0. The summed E-state index contributed by atoms with van der Waals surface area (Å²) in [7, 11) is -4.43. The molecule has 1 N–H and O–H groups in total. The van der Waals surface area contributed by atoms with E-state index in [4.69, 9.17) is 0 Å². The number of amides is 1. The van der Waals surface area contributed by atoms with Crippen LogP contribution >= 0.6 is 0 Å². The minimum atomic E-state index is -4.43. The van der Waals surface area contributed by atoms with Gasteiger partial charge in [0.2, 0.25) is 5.91 Å². The average molecular weight is 281 g/mol. The standard InChI is InChI=1S/C9H11NO4S.C2H6.Na/c1-6-5-8(15(12,13)14)3-4-9(6)10-7(2)11;1-2;/h3-5H,1-2H3,(H,10,11)(H,12,13,14);1-2H3;/q;;+1/p-1. The Bertz CT molecular complexity index is 500. The van der Waals surface area contributed by atoms with Crippen LogP contribution in [0.4, 0.5) is 5.69 Å². The number of hydrogen-bond donors (Lipinski definition) is 1. The van der Waals surface area contributed by atoms with Crippen LogP contribution in [0.2, 0.25) is 0 Å². The third kappa shape index (κ3) is 6.51. The molecule has 1 aromatic rings. The first-order valence-electron chi connectivity index (χ1n) is 5.15. The van der Waals surface area contributed by atoms with Crippen LogP contribution in [-0.2, 0) is 14.9 Å². The summed E-state index contributed by atoms with van der Waals surface area (Å²) in [6, 6.07) is 3.79. The molecule has 18 heavy (non-hydrogen) atoms. The number of aryl methyl sites for hydroxylation is 1. The van der Waals surface area contributed by atoms with Crippen LogP contribution in [-0.4, -0.2) is 18.9 Å². The molecule has 1 rings (SSSR count). The maximum atomic E-state index is 10.8. The van der Waals surface area contributed by atoms with Crippen LogP contribution in [0.15, 0.2) is 23.1 Å². The summed E-state index contributed by atoms with van der Waals surface area (Å²) in [5, 5.41) is 2.52. The molecule has 0 unspecified atom stereocenters. The van der Waals surface area contributed by atoms with Crippen molar-refractivity contribution < 1.29 is 47.3 Å². The van der Waals surface area contributed by atoms with Gasteiger partial charge in [0.25, 0.3) is 0 Å². The maximum Gasteiger partial charge on any atom is 1.00 e. The van der Waals surface area contributed by atoms with E-state index in [1.165, 1.54) is 25.1 Å². The molecule has 0 heterocycles. The van der Waals surface area contributed by atoms with Crippen LogP contribution in [0, 0.1) is 6.92 Å². The number of anilines is 1. The predicted octanol–water partition coefficient (Wildman–Crippen LogP) is -1.11. The van der Waals surface area contributed by atoms with Gasteiger partial charge in [-0.1, -0.05) is 13.8 Å². The second-order valence-electron chi connectivity index (χ2n) is 3.11. The molecule has 0 radical (unpaired) electrons. The number of benzene rings is 1. The van der Waals surface area contributed by atoms with Crippen LogP contribution in [0.1, 0.15) is 26.3 Å². The van der Waals surface area contributed by atoms with Crippen molar-refractivity contribution in [2.45, 2.75) is 32.6 Å². The van der Waals surface area contributed by atoms with Gasteiger partial charge in [-0.2, -0.15) is 0 Å². The molecule has 1 amide bonds. The van der Waals surface area contributed by atoms with Gasteiger partial charge in [0, 0.05) is 12.6 Å². The van der Waals surface area contributed by atoms with E-state index in [1.807, 2.05) is 13.8 Å².